The second kappa shape index (κ2) is 8.39. The third kappa shape index (κ3) is 4.15. The van der Waals surface area contributed by atoms with Gasteiger partial charge in [-0.1, -0.05) is 18.2 Å². The number of methoxy groups -OCH3 is 2. The third-order valence-electron chi connectivity index (χ3n) is 5.20. The number of carbonyl (C=O) groups excluding carboxylic acids is 1. The zero-order chi connectivity index (χ0) is 17.6. The van der Waals surface area contributed by atoms with Crippen molar-refractivity contribution in [2.45, 2.75) is 19.3 Å². The van der Waals surface area contributed by atoms with Gasteiger partial charge in [-0.2, -0.15) is 0 Å². The predicted octanol–water partition coefficient (Wildman–Crippen LogP) is 2.82. The molecule has 1 aromatic carbocycles. The van der Waals surface area contributed by atoms with Crippen molar-refractivity contribution in [3.05, 3.63) is 35.9 Å². The zero-order valence-electron chi connectivity index (χ0n) is 15.2. The van der Waals surface area contributed by atoms with Gasteiger partial charge in [0.2, 0.25) is 0 Å². The summed E-state index contributed by atoms with van der Waals surface area (Å²) < 4.78 is 10.8. The number of allylic oxidation sites excluding steroid dienone is 2. The Balaban J connectivity index is 1.61. The molecule has 3 rings (SSSR count). The molecule has 0 N–H and O–H groups in total. The van der Waals surface area contributed by atoms with Crippen molar-refractivity contribution in [3.63, 3.8) is 0 Å². The average Bonchev–Trinajstić information content (AvgIpc) is 2.68. The summed E-state index contributed by atoms with van der Waals surface area (Å²) in [7, 11) is 3.17. The second-order valence-electron chi connectivity index (χ2n) is 6.78. The number of piperazine rings is 1. The van der Waals surface area contributed by atoms with Crippen molar-refractivity contribution in [3.8, 4) is 11.5 Å². The molecule has 1 heterocycles. The first-order chi connectivity index (χ1) is 12.2. The zero-order valence-corrected chi connectivity index (χ0v) is 15.2. The Morgan fingerprint density at radius 2 is 1.76 bits per heavy atom. The minimum absolute atomic E-state index is 0.00505. The molecule has 25 heavy (non-hydrogen) atoms. The Bertz CT molecular complexity index is 599. The highest BCUT2D eigenvalue weighted by atomic mass is 16.5. The fourth-order valence-corrected chi connectivity index (χ4v) is 3.74. The maximum absolute atomic E-state index is 13.0. The Kier molecular flexibility index (Phi) is 5.97. The molecule has 1 amide bonds. The number of hydrogen-bond donors (Lipinski definition) is 0. The molecule has 1 aliphatic carbocycles. The first kappa shape index (κ1) is 17.8. The first-order valence-electron chi connectivity index (χ1n) is 9.10. The Morgan fingerprint density at radius 3 is 2.32 bits per heavy atom. The summed E-state index contributed by atoms with van der Waals surface area (Å²) in [5, 5.41) is 0. The van der Waals surface area contributed by atoms with Gasteiger partial charge in [0.1, 0.15) is 17.1 Å². The Labute approximate surface area is 150 Å². The van der Waals surface area contributed by atoms with E-state index in [1.165, 1.54) is 19.3 Å². The van der Waals surface area contributed by atoms with Gasteiger partial charge in [-0.05, 0) is 37.3 Å². The monoisotopic (exact) mass is 344 g/mol. The van der Waals surface area contributed by atoms with Gasteiger partial charge in [0.15, 0.2) is 0 Å². The van der Waals surface area contributed by atoms with E-state index < -0.39 is 0 Å². The number of carbonyl (C=O) groups is 1. The lowest BCUT2D eigenvalue weighted by molar-refractivity contribution is 0.0608. The van der Waals surface area contributed by atoms with Crippen LogP contribution in [0.3, 0.4) is 0 Å². The van der Waals surface area contributed by atoms with E-state index in [0.29, 0.717) is 17.1 Å². The van der Waals surface area contributed by atoms with Crippen LogP contribution in [0, 0.1) is 5.92 Å². The molecule has 0 radical (unpaired) electrons. The molecule has 136 valence electrons. The molecular weight excluding hydrogens is 316 g/mol. The molecule has 1 aliphatic heterocycles. The van der Waals surface area contributed by atoms with Crippen LogP contribution < -0.4 is 9.47 Å². The fourth-order valence-electron chi connectivity index (χ4n) is 3.74. The van der Waals surface area contributed by atoms with Crippen molar-refractivity contribution in [1.82, 2.24) is 9.80 Å². The first-order valence-corrected chi connectivity index (χ1v) is 9.10. The quantitative estimate of drug-likeness (QED) is 0.771. The van der Waals surface area contributed by atoms with Gasteiger partial charge >= 0.3 is 0 Å². The van der Waals surface area contributed by atoms with Crippen LogP contribution in [0.5, 0.6) is 11.5 Å². The van der Waals surface area contributed by atoms with Gasteiger partial charge in [-0.15, -0.1) is 0 Å². The normalized spacial score (nSPS) is 21.2. The number of hydrogen-bond acceptors (Lipinski definition) is 4. The molecule has 1 saturated heterocycles. The van der Waals surface area contributed by atoms with Gasteiger partial charge < -0.3 is 14.4 Å². The molecule has 0 aromatic heterocycles. The molecule has 0 spiro atoms. The highest BCUT2D eigenvalue weighted by Crippen LogP contribution is 2.30. The summed E-state index contributed by atoms with van der Waals surface area (Å²) in [4.78, 5) is 17.4. The number of rotatable bonds is 5. The smallest absolute Gasteiger partial charge is 0.261 e. The largest absolute Gasteiger partial charge is 0.496 e. The van der Waals surface area contributed by atoms with Crippen LogP contribution in [-0.4, -0.2) is 62.7 Å². The lowest BCUT2D eigenvalue weighted by Gasteiger charge is -2.37. The maximum atomic E-state index is 13.0. The lowest BCUT2D eigenvalue weighted by Crippen LogP contribution is -2.49. The highest BCUT2D eigenvalue weighted by Gasteiger charge is 2.27. The van der Waals surface area contributed by atoms with Crippen molar-refractivity contribution in [2.75, 3.05) is 46.9 Å². The summed E-state index contributed by atoms with van der Waals surface area (Å²) in [5.41, 5.74) is 0.526. The maximum Gasteiger partial charge on any atom is 0.261 e. The van der Waals surface area contributed by atoms with E-state index in [-0.39, 0.29) is 5.91 Å². The van der Waals surface area contributed by atoms with Crippen LogP contribution >= 0.6 is 0 Å². The van der Waals surface area contributed by atoms with E-state index in [1.807, 2.05) is 23.1 Å². The number of amides is 1. The van der Waals surface area contributed by atoms with Gasteiger partial charge in [0.25, 0.3) is 5.91 Å². The molecule has 0 bridgehead atoms. The summed E-state index contributed by atoms with van der Waals surface area (Å²) >= 11 is 0. The minimum atomic E-state index is -0.00505. The molecule has 1 fully saturated rings. The van der Waals surface area contributed by atoms with Crippen LogP contribution in [0.4, 0.5) is 0 Å². The molecule has 0 saturated carbocycles. The molecule has 5 heteroatoms. The van der Waals surface area contributed by atoms with Gasteiger partial charge in [0, 0.05) is 32.7 Å². The predicted molar refractivity (Wildman–Crippen MR) is 98.4 cm³/mol. The Morgan fingerprint density at radius 1 is 1.08 bits per heavy atom. The van der Waals surface area contributed by atoms with Crippen LogP contribution in [0.15, 0.2) is 30.4 Å². The number of ether oxygens (including phenoxy) is 2. The lowest BCUT2D eigenvalue weighted by atomic mass is 9.94. The molecule has 0 unspecified atom stereocenters. The summed E-state index contributed by atoms with van der Waals surface area (Å²) in [6, 6.07) is 5.45. The fraction of sp³-hybridized carbons (Fsp3) is 0.550. The SMILES string of the molecule is COc1cccc(OC)c1C(=O)N1CCN(C[C@H]2CC=CCC2)CC1. The third-order valence-corrected chi connectivity index (χ3v) is 5.20. The van der Waals surface area contributed by atoms with E-state index in [2.05, 4.69) is 17.1 Å². The summed E-state index contributed by atoms with van der Waals surface area (Å²) in [5.74, 6) is 1.90. The van der Waals surface area contributed by atoms with Gasteiger partial charge in [0.05, 0.1) is 14.2 Å². The number of nitrogens with zero attached hydrogens (tertiary/aromatic N) is 2. The van der Waals surface area contributed by atoms with E-state index in [4.69, 9.17) is 9.47 Å². The van der Waals surface area contributed by atoms with Crippen molar-refractivity contribution in [1.29, 1.82) is 0 Å². The topological polar surface area (TPSA) is 42.0 Å². The van der Waals surface area contributed by atoms with E-state index in [1.54, 1.807) is 14.2 Å². The summed E-state index contributed by atoms with van der Waals surface area (Å²) in [6.45, 7) is 4.52. The average molecular weight is 344 g/mol. The minimum Gasteiger partial charge on any atom is -0.496 e. The van der Waals surface area contributed by atoms with Crippen molar-refractivity contribution >= 4 is 5.91 Å². The van der Waals surface area contributed by atoms with Crippen LogP contribution in [0.1, 0.15) is 29.6 Å². The molecular formula is C20H28N2O3. The van der Waals surface area contributed by atoms with Crippen molar-refractivity contribution in [2.24, 2.45) is 5.92 Å². The van der Waals surface area contributed by atoms with Crippen LogP contribution in [-0.2, 0) is 0 Å². The molecule has 5 nitrogen and oxygen atoms in total. The van der Waals surface area contributed by atoms with E-state index in [9.17, 15) is 4.79 Å². The van der Waals surface area contributed by atoms with E-state index >= 15 is 0 Å². The second-order valence-corrected chi connectivity index (χ2v) is 6.78. The number of benzene rings is 1. The standard InChI is InChI=1S/C20H28N2O3/c1-24-17-9-6-10-18(25-2)19(17)20(23)22-13-11-21(12-14-22)15-16-7-4-3-5-8-16/h3-4,6,9-10,16H,5,7-8,11-15H2,1-2H3/t16-/m0/s1. The van der Waals surface area contributed by atoms with E-state index in [0.717, 1.165) is 38.6 Å². The van der Waals surface area contributed by atoms with Crippen LogP contribution in [0.2, 0.25) is 0 Å². The molecule has 1 atom stereocenters. The Hall–Kier alpha value is -2.01. The highest BCUT2D eigenvalue weighted by molar-refractivity contribution is 5.99. The molecule has 2 aliphatic rings. The van der Waals surface area contributed by atoms with Crippen LogP contribution in [0.25, 0.3) is 0 Å². The van der Waals surface area contributed by atoms with Gasteiger partial charge in [-0.25, -0.2) is 0 Å². The summed E-state index contributed by atoms with van der Waals surface area (Å²) in [6.07, 6.45) is 8.28. The van der Waals surface area contributed by atoms with Gasteiger partial charge in [-0.3, -0.25) is 9.69 Å². The van der Waals surface area contributed by atoms with Crippen molar-refractivity contribution < 1.29 is 14.3 Å². The molecule has 1 aromatic rings.